The molecule has 2 aromatic carbocycles. The van der Waals surface area contributed by atoms with Crippen molar-refractivity contribution in [3.63, 3.8) is 0 Å². The average molecular weight is 543 g/mol. The quantitative estimate of drug-likeness (QED) is 0.217. The maximum atomic E-state index is 12.7. The van der Waals surface area contributed by atoms with E-state index in [0.29, 0.717) is 37.9 Å². The van der Waals surface area contributed by atoms with Crippen LogP contribution in [0, 0.1) is 6.92 Å². The molecule has 1 amide bonds. The van der Waals surface area contributed by atoms with Gasteiger partial charge in [-0.2, -0.15) is 0 Å². The summed E-state index contributed by atoms with van der Waals surface area (Å²) in [4.78, 5) is 25.2. The van der Waals surface area contributed by atoms with Crippen LogP contribution in [-0.2, 0) is 23.2 Å². The number of anilines is 1. The van der Waals surface area contributed by atoms with Crippen LogP contribution in [0.1, 0.15) is 21.7 Å². The lowest BCUT2D eigenvalue weighted by atomic mass is 10.0. The van der Waals surface area contributed by atoms with Crippen molar-refractivity contribution in [1.29, 1.82) is 0 Å². The third kappa shape index (κ3) is 5.89. The van der Waals surface area contributed by atoms with Crippen LogP contribution in [0.15, 0.2) is 59.1 Å². The Morgan fingerprint density at radius 2 is 1.94 bits per heavy atom. The van der Waals surface area contributed by atoms with Crippen LogP contribution >= 0.6 is 34.7 Å². The third-order valence-corrected chi connectivity index (χ3v) is 7.61. The van der Waals surface area contributed by atoms with Crippen molar-refractivity contribution < 1.29 is 19.1 Å². The summed E-state index contributed by atoms with van der Waals surface area (Å²) in [5, 5.41) is 14.7. The van der Waals surface area contributed by atoms with Crippen molar-refractivity contribution in [3.05, 3.63) is 75.9 Å². The summed E-state index contributed by atoms with van der Waals surface area (Å²) in [6.07, 6.45) is 0. The zero-order valence-corrected chi connectivity index (χ0v) is 22.2. The van der Waals surface area contributed by atoms with E-state index in [4.69, 9.17) is 21.1 Å². The Kier molecular flexibility index (Phi) is 8.29. The number of aryl methyl sites for hydroxylation is 1. The van der Waals surface area contributed by atoms with Crippen molar-refractivity contribution in [2.45, 2.75) is 18.7 Å². The Morgan fingerprint density at radius 1 is 1.17 bits per heavy atom. The van der Waals surface area contributed by atoms with Crippen molar-refractivity contribution >= 4 is 51.6 Å². The molecule has 186 valence electrons. The predicted molar refractivity (Wildman–Crippen MR) is 142 cm³/mol. The maximum Gasteiger partial charge on any atom is 0.341 e. The lowest BCUT2D eigenvalue weighted by Crippen LogP contribution is -2.16. The summed E-state index contributed by atoms with van der Waals surface area (Å²) >= 11 is 8.57. The Labute approximate surface area is 221 Å². The molecule has 4 rings (SSSR count). The number of carbonyl (C=O) groups is 2. The summed E-state index contributed by atoms with van der Waals surface area (Å²) in [5.74, 6) is 0.600. The van der Waals surface area contributed by atoms with Crippen LogP contribution in [0.3, 0.4) is 0 Å². The van der Waals surface area contributed by atoms with E-state index < -0.39 is 5.97 Å². The summed E-state index contributed by atoms with van der Waals surface area (Å²) in [7, 11) is 3.13. The van der Waals surface area contributed by atoms with Gasteiger partial charge in [0.2, 0.25) is 5.91 Å². The minimum absolute atomic E-state index is 0.0857. The fraction of sp³-hybridized carbons (Fsp3) is 0.200. The Hall–Kier alpha value is -3.34. The van der Waals surface area contributed by atoms with Crippen molar-refractivity contribution in [3.8, 4) is 16.9 Å². The Morgan fingerprint density at radius 3 is 2.67 bits per heavy atom. The first-order valence-corrected chi connectivity index (χ1v) is 13.1. The monoisotopic (exact) mass is 542 g/mol. The van der Waals surface area contributed by atoms with Gasteiger partial charge in [-0.1, -0.05) is 53.7 Å². The zero-order valence-electron chi connectivity index (χ0n) is 19.8. The molecule has 4 aromatic rings. The number of nitrogens with zero attached hydrogens (tertiary/aromatic N) is 3. The molecule has 0 aliphatic rings. The first kappa shape index (κ1) is 25.7. The van der Waals surface area contributed by atoms with Gasteiger partial charge in [0.05, 0.1) is 12.9 Å². The number of hydrogen-bond acceptors (Lipinski definition) is 8. The number of ether oxygens (including phenoxy) is 2. The molecule has 1 N–H and O–H groups in total. The average Bonchev–Trinajstić information content (AvgIpc) is 3.46. The number of aromatic nitrogens is 3. The van der Waals surface area contributed by atoms with Gasteiger partial charge < -0.3 is 19.4 Å². The molecule has 36 heavy (non-hydrogen) atoms. The van der Waals surface area contributed by atoms with Crippen LogP contribution in [0.25, 0.3) is 11.1 Å². The number of carbonyl (C=O) groups excluding carboxylic acids is 2. The molecule has 2 heterocycles. The lowest BCUT2D eigenvalue weighted by molar-refractivity contribution is -0.113. The number of hydrogen-bond donors (Lipinski definition) is 1. The van der Waals surface area contributed by atoms with Gasteiger partial charge in [0.1, 0.15) is 22.9 Å². The molecule has 11 heteroatoms. The number of nitrogens with one attached hydrogen (secondary N) is 1. The number of benzene rings is 2. The largest absolute Gasteiger partial charge is 0.486 e. The molecule has 0 aliphatic heterocycles. The Balaban J connectivity index is 1.39. The normalized spacial score (nSPS) is 10.8. The zero-order chi connectivity index (χ0) is 25.7. The second kappa shape index (κ2) is 11.6. The first-order valence-electron chi connectivity index (χ1n) is 10.8. The van der Waals surface area contributed by atoms with Crippen LogP contribution in [-0.4, -0.2) is 39.5 Å². The standard InChI is InChI=1S/C25H23ClN4O4S2/c1-15-11-17(9-10-19(15)26)34-12-20-28-29-25(30(20)2)36-14-21(31)27-23-22(24(32)33-3)18(13-35-23)16-7-5-4-6-8-16/h4-11,13H,12,14H2,1-3H3,(H,27,31). The van der Waals surface area contributed by atoms with Crippen LogP contribution < -0.4 is 10.1 Å². The van der Waals surface area contributed by atoms with E-state index >= 15 is 0 Å². The number of thiophene rings is 1. The minimum Gasteiger partial charge on any atom is -0.486 e. The van der Waals surface area contributed by atoms with E-state index in [9.17, 15) is 9.59 Å². The summed E-state index contributed by atoms with van der Waals surface area (Å²) < 4.78 is 12.5. The topological polar surface area (TPSA) is 95.3 Å². The summed E-state index contributed by atoms with van der Waals surface area (Å²) in [6.45, 7) is 2.13. The molecule has 0 spiro atoms. The first-order chi connectivity index (χ1) is 17.4. The van der Waals surface area contributed by atoms with Gasteiger partial charge in [0.25, 0.3) is 0 Å². The fourth-order valence-corrected chi connectivity index (χ4v) is 5.15. The summed E-state index contributed by atoms with van der Waals surface area (Å²) in [5.41, 5.74) is 2.84. The molecule has 0 saturated carbocycles. The molecular weight excluding hydrogens is 520 g/mol. The molecule has 8 nitrogen and oxygen atoms in total. The van der Waals surface area contributed by atoms with Crippen molar-refractivity contribution in [1.82, 2.24) is 14.8 Å². The highest BCUT2D eigenvalue weighted by atomic mass is 35.5. The molecule has 0 atom stereocenters. The molecule has 0 radical (unpaired) electrons. The van der Waals surface area contributed by atoms with Gasteiger partial charge in [0.15, 0.2) is 11.0 Å². The number of rotatable bonds is 9. The fourth-order valence-electron chi connectivity index (χ4n) is 3.33. The second-order valence-electron chi connectivity index (χ2n) is 7.71. The minimum atomic E-state index is -0.508. The number of halogens is 1. The van der Waals surface area contributed by atoms with Crippen LogP contribution in [0.4, 0.5) is 5.00 Å². The van der Waals surface area contributed by atoms with Gasteiger partial charge in [-0.3, -0.25) is 4.79 Å². The van der Waals surface area contributed by atoms with Gasteiger partial charge in [0, 0.05) is 23.0 Å². The third-order valence-electron chi connectivity index (χ3n) is 5.27. The highest BCUT2D eigenvalue weighted by Gasteiger charge is 2.22. The molecule has 2 aromatic heterocycles. The van der Waals surface area contributed by atoms with Gasteiger partial charge >= 0.3 is 5.97 Å². The molecule has 0 bridgehead atoms. The van der Waals surface area contributed by atoms with E-state index in [1.54, 1.807) is 16.7 Å². The molecule has 0 unspecified atom stereocenters. The highest BCUT2D eigenvalue weighted by Crippen LogP contribution is 2.36. The van der Waals surface area contributed by atoms with Crippen LogP contribution in [0.5, 0.6) is 5.75 Å². The van der Waals surface area contributed by atoms with Crippen molar-refractivity contribution in [2.75, 3.05) is 18.2 Å². The second-order valence-corrected chi connectivity index (χ2v) is 9.93. The van der Waals surface area contributed by atoms with E-state index in [2.05, 4.69) is 15.5 Å². The van der Waals surface area contributed by atoms with Gasteiger partial charge in [-0.15, -0.1) is 21.5 Å². The summed E-state index contributed by atoms with van der Waals surface area (Å²) in [6, 6.07) is 14.9. The number of esters is 1. The van der Waals surface area contributed by atoms with Gasteiger partial charge in [-0.25, -0.2) is 4.79 Å². The van der Waals surface area contributed by atoms with Gasteiger partial charge in [-0.05, 0) is 36.2 Å². The van der Waals surface area contributed by atoms with Crippen molar-refractivity contribution in [2.24, 2.45) is 7.05 Å². The van der Waals surface area contributed by atoms with E-state index in [1.807, 2.05) is 55.7 Å². The SMILES string of the molecule is COC(=O)c1c(-c2ccccc2)csc1NC(=O)CSc1nnc(COc2ccc(Cl)c(C)c2)n1C. The molecular formula is C25H23ClN4O4S2. The maximum absolute atomic E-state index is 12.7. The lowest BCUT2D eigenvalue weighted by Gasteiger charge is -2.09. The number of methoxy groups -OCH3 is 1. The smallest absolute Gasteiger partial charge is 0.341 e. The molecule has 0 saturated heterocycles. The van der Waals surface area contributed by atoms with E-state index in [0.717, 1.165) is 11.1 Å². The Bertz CT molecular complexity index is 1390. The van der Waals surface area contributed by atoms with Crippen LogP contribution in [0.2, 0.25) is 5.02 Å². The highest BCUT2D eigenvalue weighted by molar-refractivity contribution is 7.99. The number of amides is 1. The van der Waals surface area contributed by atoms with E-state index in [-0.39, 0.29) is 18.3 Å². The predicted octanol–water partition coefficient (Wildman–Crippen LogP) is 5.60. The number of thioether (sulfide) groups is 1. The molecule has 0 aliphatic carbocycles. The molecule has 0 fully saturated rings. The van der Waals surface area contributed by atoms with E-state index in [1.165, 1.54) is 30.2 Å².